The van der Waals surface area contributed by atoms with Crippen molar-refractivity contribution >= 4 is 47.4 Å². The lowest BCUT2D eigenvalue weighted by Gasteiger charge is -2.46. The van der Waals surface area contributed by atoms with Crippen LogP contribution in [0, 0.1) is 10.8 Å². The number of carbonyl (C=O) groups is 4. The summed E-state index contributed by atoms with van der Waals surface area (Å²) in [5, 5.41) is 177. The van der Waals surface area contributed by atoms with E-state index in [1.165, 1.54) is 30.6 Å². The summed E-state index contributed by atoms with van der Waals surface area (Å²) in [5.74, 6) is -6.54. The topological polar surface area (TPSA) is 565 Å². The van der Waals surface area contributed by atoms with Gasteiger partial charge in [-0.3, -0.25) is 34.8 Å². The Bertz CT molecular complexity index is 3430. The molecule has 4 aromatic rings. The molecule has 5 aliphatic heterocycles. The van der Waals surface area contributed by atoms with Gasteiger partial charge in [0.1, 0.15) is 115 Å². The third-order valence-electron chi connectivity index (χ3n) is 18.4. The Labute approximate surface area is 584 Å². The summed E-state index contributed by atoms with van der Waals surface area (Å²) in [4.78, 5) is 71.1. The van der Waals surface area contributed by atoms with E-state index in [1.807, 2.05) is 66.7 Å². The Kier molecular flexibility index (Phi) is 27.3. The summed E-state index contributed by atoms with van der Waals surface area (Å²) in [5.41, 5.74) is 10.1. The first kappa shape index (κ1) is 77.9. The van der Waals surface area contributed by atoms with E-state index in [9.17, 15) is 85.6 Å². The Morgan fingerprint density at radius 3 is 1.81 bits per heavy atom. The molecule has 0 spiro atoms. The number of guanidine groups is 2. The number of amides is 4. The number of nitrogens with two attached hydrogens (primary N) is 1. The van der Waals surface area contributed by atoms with Crippen LogP contribution in [0.1, 0.15) is 35.1 Å². The third kappa shape index (κ3) is 18.4. The van der Waals surface area contributed by atoms with E-state index < -0.39 is 215 Å². The van der Waals surface area contributed by atoms with Crippen LogP contribution in [0.2, 0.25) is 0 Å². The van der Waals surface area contributed by atoms with Crippen molar-refractivity contribution in [3.8, 4) is 5.75 Å². The molecule has 0 bridgehead atoms. The second-order valence-electron chi connectivity index (χ2n) is 25.2. The molecular formula is C67H88N11O24. The number of hydrogen-bond acceptors (Lipinski definition) is 27. The molecule has 0 saturated carbocycles. The minimum Gasteiger partial charge on any atom is -0.462 e. The number of hydrogen-bond donors (Lipinski definition) is 23. The maximum atomic E-state index is 15.0. The zero-order valence-corrected chi connectivity index (χ0v) is 55.0. The van der Waals surface area contributed by atoms with Gasteiger partial charge in [0.05, 0.1) is 51.2 Å². The average Bonchev–Trinajstić information content (AvgIpc) is 1.45. The first-order valence-electron chi connectivity index (χ1n) is 32.9. The molecular weight excluding hydrogens is 1340 g/mol. The first-order chi connectivity index (χ1) is 48.9. The fourth-order valence-electron chi connectivity index (χ4n) is 12.5. The van der Waals surface area contributed by atoms with Crippen molar-refractivity contribution in [2.24, 2.45) is 5.73 Å². The van der Waals surface area contributed by atoms with E-state index in [-0.39, 0.29) is 37.0 Å². The molecule has 4 aromatic carbocycles. The highest BCUT2D eigenvalue weighted by Crippen LogP contribution is 2.33. The number of nitrogens with zero attached hydrogens (tertiary/aromatic N) is 1. The minimum absolute atomic E-state index is 0.0214. The van der Waals surface area contributed by atoms with E-state index in [1.54, 1.807) is 37.3 Å². The molecule has 9 rings (SSSR count). The number of benzene rings is 4. The highest BCUT2D eigenvalue weighted by molar-refractivity contribution is 5.96. The van der Waals surface area contributed by atoms with Gasteiger partial charge >= 0.3 is 0 Å². The predicted octanol–water partition coefficient (Wildman–Crippen LogP) is -8.21. The summed E-state index contributed by atoms with van der Waals surface area (Å²) < 4.78 is 35.2. The van der Waals surface area contributed by atoms with Gasteiger partial charge in [0, 0.05) is 25.4 Å². The standard InChI is InChI=1S/C67H88N11O24/c1-31(33-11-5-2-6-12-33)45(68)60(94)74-39(59(93)76-46(48(83)40-24-71-66(69)75-40)62(96)77-47(61(95)73-36(26-79)27-80)49(84)41-25-72-67(70)78(41)63-55(90)52(87)50(85)42(28-81)99-63)23-32-17-19-37(20-18-32)98-64-57(92)54(89)58(43(29-82)100-64)102-65-56(91)53(88)51(86)44(101-65)30-97-22-21-38(34-13-7-3-8-14-34)35-15-9-4-10-16-35/h2-21,31,36,39-58,63-65,79,81-92H,22-26,28-30,68H2,1H3,(H2,70,72)(H,73,95)(H,74,94)(H,76,93)(H,77,96)(H3,69,71,75). The van der Waals surface area contributed by atoms with Crippen LogP contribution in [0.5, 0.6) is 5.75 Å². The maximum absolute atomic E-state index is 15.0. The zero-order valence-electron chi connectivity index (χ0n) is 55.0. The maximum Gasteiger partial charge on any atom is 0.246 e. The summed E-state index contributed by atoms with van der Waals surface area (Å²) in [6.45, 7) is -2.15. The SMILES string of the molecule is CC(c1ccccc1)C(N)C(=O)NC(Cc1ccc(OC2OC(CO)C(OC3OC(COCC=C(c4ccccc4)c4ccccc4)C(O)C(O)C3O)C(O)C2O)cc1)C(=O)NC(C(=O)NC(C(=O)NC([C]=O)CO)C(O)C1CNC(=N)N1C1OC(CO)C(O)C(O)C1O)C(O)C1CNC(=N)N1. The van der Waals surface area contributed by atoms with Crippen LogP contribution in [0.3, 0.4) is 0 Å². The van der Waals surface area contributed by atoms with Crippen LogP contribution >= 0.6 is 0 Å². The number of rotatable bonds is 31. The Balaban J connectivity index is 0.915. The van der Waals surface area contributed by atoms with Crippen molar-refractivity contribution in [1.29, 1.82) is 10.8 Å². The predicted molar refractivity (Wildman–Crippen MR) is 354 cm³/mol. The normalized spacial score (nSPS) is 30.3. The second kappa shape index (κ2) is 35.8. The molecule has 35 nitrogen and oxygen atoms in total. The van der Waals surface area contributed by atoms with Crippen LogP contribution < -0.4 is 47.7 Å². The molecule has 4 amide bonds. The van der Waals surface area contributed by atoms with E-state index >= 15 is 4.79 Å². The molecule has 0 aliphatic carbocycles. The lowest BCUT2D eigenvalue weighted by Crippen LogP contribution is -2.69. The van der Waals surface area contributed by atoms with Crippen molar-refractivity contribution in [3.63, 3.8) is 0 Å². The van der Waals surface area contributed by atoms with Crippen LogP contribution in [0.25, 0.3) is 5.57 Å². The van der Waals surface area contributed by atoms with Gasteiger partial charge in [-0.25, -0.2) is 0 Å². The van der Waals surface area contributed by atoms with Crippen LogP contribution in [0.15, 0.2) is 121 Å². The number of ether oxygens (including phenoxy) is 6. The molecule has 25 unspecified atom stereocenters. The van der Waals surface area contributed by atoms with Crippen molar-refractivity contribution in [2.45, 2.75) is 166 Å². The van der Waals surface area contributed by atoms with Gasteiger partial charge in [-0.05, 0) is 40.0 Å². The molecule has 555 valence electrons. The van der Waals surface area contributed by atoms with Gasteiger partial charge in [-0.1, -0.05) is 116 Å². The van der Waals surface area contributed by atoms with Crippen LogP contribution in [-0.2, 0) is 54.1 Å². The number of nitrogens with one attached hydrogen (secondary N) is 9. The highest BCUT2D eigenvalue weighted by atomic mass is 16.7. The van der Waals surface area contributed by atoms with Gasteiger partial charge in [-0.15, -0.1) is 0 Å². The fraction of sp³-hybridized carbons (Fsp3) is 0.507. The molecule has 35 heteroatoms. The molecule has 102 heavy (non-hydrogen) atoms. The summed E-state index contributed by atoms with van der Waals surface area (Å²) >= 11 is 0. The molecule has 1 radical (unpaired) electrons. The monoisotopic (exact) mass is 1430 g/mol. The molecule has 24 N–H and O–H groups in total. The second-order valence-corrected chi connectivity index (χ2v) is 25.2. The molecule has 5 aliphatic rings. The molecule has 5 fully saturated rings. The van der Waals surface area contributed by atoms with E-state index in [4.69, 9.17) is 45.0 Å². The van der Waals surface area contributed by atoms with Crippen LogP contribution in [0.4, 0.5) is 0 Å². The van der Waals surface area contributed by atoms with Crippen molar-refractivity contribution in [1.82, 2.24) is 42.1 Å². The third-order valence-corrected chi connectivity index (χ3v) is 18.4. The smallest absolute Gasteiger partial charge is 0.246 e. The number of carbonyl (C=O) groups excluding carboxylic acids is 5. The van der Waals surface area contributed by atoms with Crippen molar-refractivity contribution in [3.05, 3.63) is 144 Å². The Morgan fingerprint density at radius 1 is 0.647 bits per heavy atom. The van der Waals surface area contributed by atoms with Gasteiger partial charge in [-0.2, -0.15) is 0 Å². The van der Waals surface area contributed by atoms with E-state index in [2.05, 4.69) is 37.2 Å². The molecule has 0 aromatic heterocycles. The van der Waals surface area contributed by atoms with E-state index in [0.717, 1.165) is 21.6 Å². The van der Waals surface area contributed by atoms with Gasteiger partial charge < -0.3 is 143 Å². The average molecular weight is 1430 g/mol. The largest absolute Gasteiger partial charge is 0.462 e. The number of aliphatic hydroxyl groups excluding tert-OH is 13. The van der Waals surface area contributed by atoms with Gasteiger partial charge in [0.2, 0.25) is 36.2 Å². The quantitative estimate of drug-likeness (QED) is 0.0208. The lowest BCUT2D eigenvalue weighted by molar-refractivity contribution is -0.353. The molecule has 5 saturated heterocycles. The first-order valence-corrected chi connectivity index (χ1v) is 32.9. The van der Waals surface area contributed by atoms with Crippen molar-refractivity contribution in [2.75, 3.05) is 46.1 Å². The van der Waals surface area contributed by atoms with Gasteiger partial charge in [0.25, 0.3) is 0 Å². The highest BCUT2D eigenvalue weighted by Gasteiger charge is 2.54. The van der Waals surface area contributed by atoms with E-state index in [0.29, 0.717) is 5.56 Å². The zero-order chi connectivity index (χ0) is 73.6. The molecule has 5 heterocycles. The van der Waals surface area contributed by atoms with Crippen molar-refractivity contribution < 1.29 is 119 Å². The minimum atomic E-state index is -2.30. The summed E-state index contributed by atoms with van der Waals surface area (Å²) in [7, 11) is 0. The number of aliphatic hydroxyl groups is 13. The summed E-state index contributed by atoms with van der Waals surface area (Å²) in [6, 6.07) is 21.0. The van der Waals surface area contributed by atoms with Crippen LogP contribution in [-0.4, -0.2) is 306 Å². The summed E-state index contributed by atoms with van der Waals surface area (Å²) in [6.07, 6.45) is -28.1. The van der Waals surface area contributed by atoms with Gasteiger partial charge in [0.15, 0.2) is 24.4 Å². The Hall–Kier alpha value is -8.25. The lowest BCUT2D eigenvalue weighted by atomic mass is 9.93. The fourth-order valence-corrected chi connectivity index (χ4v) is 12.5. The molecule has 25 atom stereocenters. The Morgan fingerprint density at radius 2 is 1.22 bits per heavy atom.